The van der Waals surface area contributed by atoms with Crippen molar-refractivity contribution in [3.63, 3.8) is 0 Å². The van der Waals surface area contributed by atoms with E-state index in [1.807, 2.05) is 54.9 Å². The SMILES string of the molecule is COc1ccc2c(c1)C(NCCCOc1ccc(S(=O)(=O)c3c(C(C)C)cn4ccccc34)cc1)CCC2.Cl. The van der Waals surface area contributed by atoms with Crippen LogP contribution in [0.3, 0.4) is 0 Å². The second kappa shape index (κ2) is 12.5. The summed E-state index contributed by atoms with van der Waals surface area (Å²) in [6.45, 7) is 5.43. The summed E-state index contributed by atoms with van der Waals surface area (Å²) in [7, 11) is -1.97. The molecule has 4 aromatic rings. The molecule has 2 heterocycles. The third-order valence-electron chi connectivity index (χ3n) is 7.34. The Labute approximate surface area is 237 Å². The summed E-state index contributed by atoms with van der Waals surface area (Å²) in [4.78, 5) is 0.659. The first-order valence-corrected chi connectivity index (χ1v) is 14.8. The van der Waals surface area contributed by atoms with Crippen LogP contribution in [0, 0.1) is 0 Å². The molecule has 2 aromatic carbocycles. The maximum Gasteiger partial charge on any atom is 0.209 e. The van der Waals surface area contributed by atoms with Crippen molar-refractivity contribution in [1.29, 1.82) is 0 Å². The van der Waals surface area contributed by atoms with E-state index < -0.39 is 9.84 Å². The maximum absolute atomic E-state index is 13.7. The van der Waals surface area contributed by atoms with E-state index in [0.717, 1.165) is 37.1 Å². The highest BCUT2D eigenvalue weighted by molar-refractivity contribution is 7.91. The van der Waals surface area contributed by atoms with Gasteiger partial charge in [-0.25, -0.2) is 8.42 Å². The van der Waals surface area contributed by atoms with Crippen molar-refractivity contribution in [3.8, 4) is 11.5 Å². The third-order valence-corrected chi connectivity index (χ3v) is 9.21. The molecule has 0 saturated carbocycles. The van der Waals surface area contributed by atoms with Crippen molar-refractivity contribution in [2.24, 2.45) is 0 Å². The Kier molecular flexibility index (Phi) is 9.26. The lowest BCUT2D eigenvalue weighted by molar-refractivity contribution is 0.302. The van der Waals surface area contributed by atoms with Crippen molar-refractivity contribution in [1.82, 2.24) is 9.72 Å². The molecule has 2 aromatic heterocycles. The van der Waals surface area contributed by atoms with Gasteiger partial charge in [-0.2, -0.15) is 0 Å². The zero-order valence-electron chi connectivity index (χ0n) is 22.7. The molecule has 39 heavy (non-hydrogen) atoms. The number of pyridine rings is 1. The van der Waals surface area contributed by atoms with Gasteiger partial charge < -0.3 is 19.2 Å². The van der Waals surface area contributed by atoms with Gasteiger partial charge in [-0.1, -0.05) is 26.0 Å². The van der Waals surface area contributed by atoms with Crippen LogP contribution in [-0.4, -0.2) is 33.1 Å². The predicted octanol–water partition coefficient (Wildman–Crippen LogP) is 6.76. The van der Waals surface area contributed by atoms with Crippen LogP contribution in [-0.2, 0) is 16.3 Å². The molecule has 208 valence electrons. The van der Waals surface area contributed by atoms with Crippen molar-refractivity contribution in [3.05, 3.63) is 89.7 Å². The van der Waals surface area contributed by atoms with Gasteiger partial charge in [-0.3, -0.25) is 0 Å². The van der Waals surface area contributed by atoms with Gasteiger partial charge in [-0.15, -0.1) is 12.4 Å². The Morgan fingerprint density at radius 1 is 1.05 bits per heavy atom. The highest BCUT2D eigenvalue weighted by atomic mass is 35.5. The highest BCUT2D eigenvalue weighted by Crippen LogP contribution is 2.35. The van der Waals surface area contributed by atoms with E-state index in [1.165, 1.54) is 17.5 Å². The number of hydrogen-bond acceptors (Lipinski definition) is 5. The van der Waals surface area contributed by atoms with Crippen molar-refractivity contribution < 1.29 is 17.9 Å². The van der Waals surface area contributed by atoms with Crippen molar-refractivity contribution in [2.75, 3.05) is 20.3 Å². The summed E-state index contributed by atoms with van der Waals surface area (Å²) in [5, 5.41) is 3.67. The van der Waals surface area contributed by atoms with Gasteiger partial charge >= 0.3 is 0 Å². The zero-order chi connectivity index (χ0) is 26.7. The number of hydrogen-bond donors (Lipinski definition) is 1. The minimum Gasteiger partial charge on any atom is -0.497 e. The summed E-state index contributed by atoms with van der Waals surface area (Å²) >= 11 is 0. The number of halogens is 1. The first kappa shape index (κ1) is 29.0. The molecule has 6 nitrogen and oxygen atoms in total. The van der Waals surface area contributed by atoms with Crippen molar-refractivity contribution >= 4 is 27.8 Å². The van der Waals surface area contributed by atoms with Crippen LogP contribution in [0.25, 0.3) is 5.52 Å². The third kappa shape index (κ3) is 6.11. The topological polar surface area (TPSA) is 69.0 Å². The molecule has 1 atom stereocenters. The van der Waals surface area contributed by atoms with Gasteiger partial charge in [0.2, 0.25) is 9.84 Å². The largest absolute Gasteiger partial charge is 0.497 e. The summed E-state index contributed by atoms with van der Waals surface area (Å²) in [6, 6.07) is 19.1. The number of nitrogens with zero attached hydrogens (tertiary/aromatic N) is 1. The van der Waals surface area contributed by atoms with Crippen LogP contribution in [0.5, 0.6) is 11.5 Å². The number of ether oxygens (including phenoxy) is 2. The van der Waals surface area contributed by atoms with Gasteiger partial charge in [0.15, 0.2) is 0 Å². The second-order valence-corrected chi connectivity index (χ2v) is 12.1. The number of nitrogens with one attached hydrogen (secondary N) is 1. The van der Waals surface area contributed by atoms with Crippen LogP contribution in [0.4, 0.5) is 0 Å². The van der Waals surface area contributed by atoms with Crippen LogP contribution in [0.15, 0.2) is 82.8 Å². The Hall–Kier alpha value is -3.00. The standard InChI is InChI=1S/C31H36N2O4S.ClH/c1-22(2)28-21-33-18-5-4-10-30(33)31(28)38(34,35)26-15-13-24(14-16-26)37-19-7-17-32-29-9-6-8-23-11-12-25(36-3)20-27(23)29;/h4-5,10-16,18,20-22,29,32H,6-9,17,19H2,1-3H3;1H. The molecular formula is C31H37ClN2O4S. The number of aromatic nitrogens is 1. The number of aryl methyl sites for hydroxylation is 1. The lowest BCUT2D eigenvalue weighted by Crippen LogP contribution is -2.27. The Morgan fingerprint density at radius 3 is 2.56 bits per heavy atom. The van der Waals surface area contributed by atoms with E-state index in [2.05, 4.69) is 17.4 Å². The van der Waals surface area contributed by atoms with Crippen LogP contribution in [0.1, 0.15) is 61.8 Å². The Morgan fingerprint density at radius 2 is 1.82 bits per heavy atom. The molecule has 0 amide bonds. The van der Waals surface area contributed by atoms with Gasteiger partial charge in [-0.05, 0) is 103 Å². The van der Waals surface area contributed by atoms with Gasteiger partial charge in [0, 0.05) is 18.4 Å². The summed E-state index contributed by atoms with van der Waals surface area (Å²) < 4.78 is 40.5. The van der Waals surface area contributed by atoms with Crippen LogP contribution in [0.2, 0.25) is 0 Å². The molecule has 0 fully saturated rings. The van der Waals surface area contributed by atoms with Gasteiger partial charge in [0.25, 0.3) is 0 Å². The lowest BCUT2D eigenvalue weighted by atomic mass is 9.87. The second-order valence-electron chi connectivity index (χ2n) is 10.2. The maximum atomic E-state index is 13.7. The van der Waals surface area contributed by atoms with Crippen LogP contribution < -0.4 is 14.8 Å². The van der Waals surface area contributed by atoms with Gasteiger partial charge in [0.05, 0.1) is 24.1 Å². The molecule has 1 aliphatic rings. The average molecular weight is 569 g/mol. The highest BCUT2D eigenvalue weighted by Gasteiger charge is 2.27. The summed E-state index contributed by atoms with van der Waals surface area (Å²) in [6.07, 6.45) is 8.07. The zero-order valence-corrected chi connectivity index (χ0v) is 24.4. The molecule has 0 radical (unpaired) electrons. The molecule has 1 unspecified atom stereocenters. The molecule has 0 saturated heterocycles. The monoisotopic (exact) mass is 568 g/mol. The Balaban J connectivity index is 0.00000353. The quantitative estimate of drug-likeness (QED) is 0.214. The van der Waals surface area contributed by atoms with Crippen molar-refractivity contribution in [2.45, 2.75) is 61.3 Å². The molecule has 1 aliphatic carbocycles. The number of benzene rings is 2. The normalized spacial score (nSPS) is 15.1. The average Bonchev–Trinajstić information content (AvgIpc) is 3.34. The molecule has 8 heteroatoms. The van der Waals surface area contributed by atoms with E-state index >= 15 is 0 Å². The predicted molar refractivity (Wildman–Crippen MR) is 157 cm³/mol. The fourth-order valence-electron chi connectivity index (χ4n) is 5.31. The number of methoxy groups -OCH3 is 1. The number of sulfone groups is 1. The molecule has 0 spiro atoms. The van der Waals surface area contributed by atoms with Crippen LogP contribution >= 0.6 is 12.4 Å². The summed E-state index contributed by atoms with van der Waals surface area (Å²) in [5.74, 6) is 1.65. The minimum atomic E-state index is -3.68. The Bertz CT molecular complexity index is 1510. The lowest BCUT2D eigenvalue weighted by Gasteiger charge is -2.27. The fraction of sp³-hybridized carbons (Fsp3) is 0.355. The smallest absolute Gasteiger partial charge is 0.209 e. The molecule has 0 aliphatic heterocycles. The van der Waals surface area contributed by atoms with E-state index in [1.54, 1.807) is 31.4 Å². The van der Waals surface area contributed by atoms with E-state index in [9.17, 15) is 8.42 Å². The number of rotatable bonds is 10. The summed E-state index contributed by atoms with van der Waals surface area (Å²) in [5.41, 5.74) is 4.26. The fourth-order valence-corrected chi connectivity index (χ4v) is 7.09. The van der Waals surface area contributed by atoms with E-state index in [4.69, 9.17) is 9.47 Å². The number of fused-ring (bicyclic) bond motifs is 2. The first-order valence-electron chi connectivity index (χ1n) is 13.4. The molecule has 1 N–H and O–H groups in total. The first-order chi connectivity index (χ1) is 18.4. The molecular weight excluding hydrogens is 532 g/mol. The van der Waals surface area contributed by atoms with E-state index in [-0.39, 0.29) is 23.2 Å². The van der Waals surface area contributed by atoms with Gasteiger partial charge in [0.1, 0.15) is 16.4 Å². The van der Waals surface area contributed by atoms with E-state index in [0.29, 0.717) is 28.8 Å². The molecule has 0 bridgehead atoms. The molecule has 5 rings (SSSR count). The minimum absolute atomic E-state index is 0.